The number of benzene rings is 3. The van der Waals surface area contributed by atoms with E-state index in [0.717, 1.165) is 16.4 Å². The maximum Gasteiger partial charge on any atom is 0.264 e. The number of hydrogen-bond acceptors (Lipinski definition) is 4. The minimum absolute atomic E-state index is 0.0537. The van der Waals surface area contributed by atoms with Crippen molar-refractivity contribution in [1.82, 2.24) is 5.32 Å². The van der Waals surface area contributed by atoms with Crippen LogP contribution in [0.2, 0.25) is 0 Å². The molecule has 0 aromatic heterocycles. The van der Waals surface area contributed by atoms with Crippen LogP contribution in [0, 0.1) is 11.6 Å². The second-order valence-corrected chi connectivity index (χ2v) is 8.87. The van der Waals surface area contributed by atoms with E-state index in [1.165, 1.54) is 67.8 Å². The van der Waals surface area contributed by atoms with Crippen molar-refractivity contribution in [3.8, 4) is 5.75 Å². The number of anilines is 1. The molecule has 1 N–H and O–H groups in total. The lowest BCUT2D eigenvalue weighted by Crippen LogP contribution is -2.41. The van der Waals surface area contributed by atoms with Gasteiger partial charge in [-0.2, -0.15) is 0 Å². The molecule has 3 aromatic rings. The number of methoxy groups -OCH3 is 1. The van der Waals surface area contributed by atoms with Crippen molar-refractivity contribution in [2.75, 3.05) is 18.0 Å². The van der Waals surface area contributed by atoms with E-state index in [1.54, 1.807) is 6.92 Å². The first-order chi connectivity index (χ1) is 15.2. The highest BCUT2D eigenvalue weighted by molar-refractivity contribution is 7.92. The lowest BCUT2D eigenvalue weighted by Gasteiger charge is -2.25. The largest absolute Gasteiger partial charge is 0.497 e. The summed E-state index contributed by atoms with van der Waals surface area (Å²) in [6, 6.07) is 15.6. The van der Waals surface area contributed by atoms with E-state index >= 15 is 0 Å². The molecule has 0 radical (unpaired) electrons. The quantitative estimate of drug-likeness (QED) is 0.550. The number of nitrogens with one attached hydrogen (secondary N) is 1. The highest BCUT2D eigenvalue weighted by atomic mass is 32.2. The summed E-state index contributed by atoms with van der Waals surface area (Å²) in [7, 11) is -2.69. The van der Waals surface area contributed by atoms with Gasteiger partial charge in [0.05, 0.1) is 23.7 Å². The fourth-order valence-corrected chi connectivity index (χ4v) is 4.47. The lowest BCUT2D eigenvalue weighted by molar-refractivity contribution is -0.120. The molecule has 0 saturated heterocycles. The highest BCUT2D eigenvalue weighted by Crippen LogP contribution is 2.25. The molecule has 6 nitrogen and oxygen atoms in total. The molecule has 3 aromatic carbocycles. The van der Waals surface area contributed by atoms with E-state index in [4.69, 9.17) is 4.74 Å². The summed E-state index contributed by atoms with van der Waals surface area (Å²) in [6.07, 6.45) is 0. The average molecular weight is 461 g/mol. The van der Waals surface area contributed by atoms with Gasteiger partial charge < -0.3 is 10.1 Å². The molecule has 0 saturated carbocycles. The summed E-state index contributed by atoms with van der Waals surface area (Å²) in [4.78, 5) is 12.7. The Balaban J connectivity index is 1.87. The predicted molar refractivity (Wildman–Crippen MR) is 117 cm³/mol. The van der Waals surface area contributed by atoms with Gasteiger partial charge in [0.25, 0.3) is 10.0 Å². The standard InChI is InChI=1S/C23H22F2N2O4S/c1-16(17-3-5-18(24)6-4-17)26-23(28)15-27(20-9-7-19(25)8-10-20)32(29,30)22-13-11-21(31-2)12-14-22/h3-14,16H,15H2,1-2H3,(H,26,28). The summed E-state index contributed by atoms with van der Waals surface area (Å²) in [5.41, 5.74) is 0.790. The fourth-order valence-electron chi connectivity index (χ4n) is 3.05. The Kier molecular flexibility index (Phi) is 7.09. The number of nitrogens with zero attached hydrogens (tertiary/aromatic N) is 1. The van der Waals surface area contributed by atoms with Crippen molar-refractivity contribution in [1.29, 1.82) is 0 Å². The number of carbonyl (C=O) groups is 1. The zero-order valence-corrected chi connectivity index (χ0v) is 18.3. The third-order valence-electron chi connectivity index (χ3n) is 4.80. The fraction of sp³-hybridized carbons (Fsp3) is 0.174. The SMILES string of the molecule is COc1ccc(S(=O)(=O)N(CC(=O)NC(C)c2ccc(F)cc2)c2ccc(F)cc2)cc1. The molecular weight excluding hydrogens is 438 g/mol. The molecule has 3 rings (SSSR count). The Hall–Kier alpha value is -3.46. The third-order valence-corrected chi connectivity index (χ3v) is 6.58. The smallest absolute Gasteiger partial charge is 0.264 e. The van der Waals surface area contributed by atoms with Crippen LogP contribution in [0.15, 0.2) is 77.7 Å². The topological polar surface area (TPSA) is 75.7 Å². The van der Waals surface area contributed by atoms with Crippen LogP contribution < -0.4 is 14.4 Å². The van der Waals surface area contributed by atoms with Crippen LogP contribution in [0.4, 0.5) is 14.5 Å². The molecular formula is C23H22F2N2O4S. The van der Waals surface area contributed by atoms with Crippen molar-refractivity contribution in [2.45, 2.75) is 17.9 Å². The van der Waals surface area contributed by atoms with Gasteiger partial charge in [0.1, 0.15) is 23.9 Å². The van der Waals surface area contributed by atoms with E-state index in [2.05, 4.69) is 5.32 Å². The van der Waals surface area contributed by atoms with Gasteiger partial charge in [0, 0.05) is 0 Å². The van der Waals surface area contributed by atoms with Crippen molar-refractivity contribution < 1.29 is 26.7 Å². The van der Waals surface area contributed by atoms with Crippen LogP contribution in [-0.4, -0.2) is 28.0 Å². The van der Waals surface area contributed by atoms with E-state index in [-0.39, 0.29) is 10.6 Å². The minimum atomic E-state index is -4.15. The molecule has 0 heterocycles. The molecule has 1 atom stereocenters. The monoisotopic (exact) mass is 460 g/mol. The van der Waals surface area contributed by atoms with Crippen LogP contribution in [0.3, 0.4) is 0 Å². The van der Waals surface area contributed by atoms with Gasteiger partial charge in [-0.25, -0.2) is 17.2 Å². The highest BCUT2D eigenvalue weighted by Gasteiger charge is 2.28. The molecule has 32 heavy (non-hydrogen) atoms. The molecule has 1 amide bonds. The van der Waals surface area contributed by atoms with E-state index < -0.39 is 40.2 Å². The van der Waals surface area contributed by atoms with Crippen molar-refractivity contribution in [3.05, 3.63) is 90.0 Å². The maximum atomic E-state index is 13.4. The Bertz CT molecular complexity index is 1170. The molecule has 0 aliphatic rings. The normalized spacial score (nSPS) is 12.1. The van der Waals surface area contributed by atoms with E-state index in [0.29, 0.717) is 11.3 Å². The van der Waals surface area contributed by atoms with Crippen LogP contribution >= 0.6 is 0 Å². The molecule has 0 spiro atoms. The molecule has 0 aliphatic heterocycles. The predicted octanol–water partition coefficient (Wildman–Crippen LogP) is 4.05. The number of ether oxygens (including phenoxy) is 1. The summed E-state index contributed by atoms with van der Waals surface area (Å²) >= 11 is 0. The van der Waals surface area contributed by atoms with E-state index in [1.807, 2.05) is 0 Å². The van der Waals surface area contributed by atoms with Gasteiger partial charge in [-0.1, -0.05) is 12.1 Å². The van der Waals surface area contributed by atoms with Crippen LogP contribution in [-0.2, 0) is 14.8 Å². The van der Waals surface area contributed by atoms with Crippen LogP contribution in [0.1, 0.15) is 18.5 Å². The van der Waals surface area contributed by atoms with Crippen LogP contribution in [0.25, 0.3) is 0 Å². The van der Waals surface area contributed by atoms with Gasteiger partial charge in [0.15, 0.2) is 0 Å². The summed E-state index contributed by atoms with van der Waals surface area (Å²) in [6.45, 7) is 1.16. The van der Waals surface area contributed by atoms with Gasteiger partial charge in [-0.15, -0.1) is 0 Å². The molecule has 168 valence electrons. The average Bonchev–Trinajstić information content (AvgIpc) is 2.78. The maximum absolute atomic E-state index is 13.4. The van der Waals surface area contributed by atoms with Gasteiger partial charge in [-0.3, -0.25) is 9.10 Å². The minimum Gasteiger partial charge on any atom is -0.497 e. The van der Waals surface area contributed by atoms with Crippen LogP contribution in [0.5, 0.6) is 5.75 Å². The Morgan fingerprint density at radius 1 is 0.938 bits per heavy atom. The zero-order valence-electron chi connectivity index (χ0n) is 17.5. The number of amides is 1. The molecule has 9 heteroatoms. The second-order valence-electron chi connectivity index (χ2n) is 7.00. The van der Waals surface area contributed by atoms with Crippen molar-refractivity contribution in [2.24, 2.45) is 0 Å². The summed E-state index contributed by atoms with van der Waals surface area (Å²) < 4.78 is 59.2. The van der Waals surface area contributed by atoms with Gasteiger partial charge >= 0.3 is 0 Å². The number of sulfonamides is 1. The molecule has 0 fully saturated rings. The molecule has 0 bridgehead atoms. The lowest BCUT2D eigenvalue weighted by atomic mass is 10.1. The number of hydrogen-bond donors (Lipinski definition) is 1. The first-order valence-electron chi connectivity index (χ1n) is 9.68. The number of carbonyl (C=O) groups excluding carboxylic acids is 1. The molecule has 0 aliphatic carbocycles. The zero-order chi connectivity index (χ0) is 23.3. The third kappa shape index (κ3) is 5.42. The summed E-state index contributed by atoms with van der Waals surface area (Å²) in [5.74, 6) is -1.04. The Morgan fingerprint density at radius 2 is 1.47 bits per heavy atom. The first kappa shape index (κ1) is 23.2. The Morgan fingerprint density at radius 3 is 2.00 bits per heavy atom. The van der Waals surface area contributed by atoms with Gasteiger partial charge in [0.2, 0.25) is 5.91 Å². The first-order valence-corrected chi connectivity index (χ1v) is 11.1. The summed E-state index contributed by atoms with van der Waals surface area (Å²) in [5, 5.41) is 2.71. The van der Waals surface area contributed by atoms with Crippen molar-refractivity contribution in [3.63, 3.8) is 0 Å². The second kappa shape index (κ2) is 9.78. The van der Waals surface area contributed by atoms with Gasteiger partial charge in [-0.05, 0) is 73.2 Å². The number of rotatable bonds is 8. The number of halogens is 2. The van der Waals surface area contributed by atoms with Crippen molar-refractivity contribution >= 4 is 21.6 Å². The molecule has 1 unspecified atom stereocenters. The Labute approximate surface area is 185 Å². The van der Waals surface area contributed by atoms with E-state index in [9.17, 15) is 22.0 Å².